The van der Waals surface area contributed by atoms with E-state index >= 15 is 0 Å². The van der Waals surface area contributed by atoms with Gasteiger partial charge in [-0.05, 0) is 45.6 Å². The number of nitrogens with zero attached hydrogens (tertiary/aromatic N) is 3. The second-order valence-electron chi connectivity index (χ2n) is 5.48. The molecule has 1 atom stereocenters. The number of aryl methyl sites for hydroxylation is 2. The molecule has 2 rings (SSSR count). The summed E-state index contributed by atoms with van der Waals surface area (Å²) in [5, 5.41) is 12.2. The number of piperidine rings is 1. The molecule has 1 aliphatic heterocycles. The summed E-state index contributed by atoms with van der Waals surface area (Å²) < 4.78 is 0. The third-order valence-electron chi connectivity index (χ3n) is 4.08. The first-order valence-corrected chi connectivity index (χ1v) is 7.31. The molecule has 0 bridgehead atoms. The lowest BCUT2D eigenvalue weighted by atomic mass is 9.97. The van der Waals surface area contributed by atoms with Crippen LogP contribution in [0.5, 0.6) is 0 Å². The SMILES string of the molecule is CCC1CCCCN1c1cc(C)nc(C)c1/C(N)=N/O. The Morgan fingerprint density at radius 1 is 1.50 bits per heavy atom. The summed E-state index contributed by atoms with van der Waals surface area (Å²) in [5.74, 6) is 0.144. The van der Waals surface area contributed by atoms with Gasteiger partial charge in [0.15, 0.2) is 5.84 Å². The second kappa shape index (κ2) is 6.11. The molecular formula is C15H24N4O. The van der Waals surface area contributed by atoms with Gasteiger partial charge in [-0.25, -0.2) is 0 Å². The minimum Gasteiger partial charge on any atom is -0.409 e. The molecule has 110 valence electrons. The van der Waals surface area contributed by atoms with E-state index < -0.39 is 0 Å². The Kier molecular flexibility index (Phi) is 4.47. The van der Waals surface area contributed by atoms with Crippen LogP contribution in [0.25, 0.3) is 0 Å². The van der Waals surface area contributed by atoms with E-state index in [9.17, 15) is 0 Å². The van der Waals surface area contributed by atoms with Gasteiger partial charge in [0.2, 0.25) is 0 Å². The largest absolute Gasteiger partial charge is 0.409 e. The van der Waals surface area contributed by atoms with Crippen LogP contribution in [0.15, 0.2) is 11.2 Å². The van der Waals surface area contributed by atoms with Gasteiger partial charge in [0.05, 0.1) is 16.9 Å². The Labute approximate surface area is 120 Å². The van der Waals surface area contributed by atoms with Gasteiger partial charge in [-0.2, -0.15) is 0 Å². The number of anilines is 1. The van der Waals surface area contributed by atoms with Gasteiger partial charge in [0.1, 0.15) is 0 Å². The van der Waals surface area contributed by atoms with E-state index in [0.29, 0.717) is 6.04 Å². The van der Waals surface area contributed by atoms with Crippen LogP contribution < -0.4 is 10.6 Å². The zero-order valence-electron chi connectivity index (χ0n) is 12.6. The summed E-state index contributed by atoms with van der Waals surface area (Å²) in [6.07, 6.45) is 4.77. The molecule has 3 N–H and O–H groups in total. The van der Waals surface area contributed by atoms with Gasteiger partial charge in [-0.1, -0.05) is 12.1 Å². The molecule has 0 spiro atoms. The van der Waals surface area contributed by atoms with Gasteiger partial charge < -0.3 is 15.8 Å². The van der Waals surface area contributed by atoms with Gasteiger partial charge in [-0.3, -0.25) is 4.98 Å². The summed E-state index contributed by atoms with van der Waals surface area (Å²) in [6.45, 7) is 7.13. The predicted octanol–water partition coefficient (Wildman–Crippen LogP) is 2.56. The molecule has 0 amide bonds. The Bertz CT molecular complexity index is 513. The molecule has 20 heavy (non-hydrogen) atoms. The average Bonchev–Trinajstić information content (AvgIpc) is 2.45. The average molecular weight is 276 g/mol. The summed E-state index contributed by atoms with van der Waals surface area (Å²) in [5.41, 5.74) is 9.47. The highest BCUT2D eigenvalue weighted by molar-refractivity contribution is 6.03. The van der Waals surface area contributed by atoms with Crippen LogP contribution in [0.1, 0.15) is 49.6 Å². The number of oxime groups is 1. The van der Waals surface area contributed by atoms with Gasteiger partial charge in [-0.15, -0.1) is 0 Å². The maximum Gasteiger partial charge on any atom is 0.174 e. The topological polar surface area (TPSA) is 74.7 Å². The molecule has 1 saturated heterocycles. The van der Waals surface area contributed by atoms with Crippen LogP contribution in [0.2, 0.25) is 0 Å². The monoisotopic (exact) mass is 276 g/mol. The quantitative estimate of drug-likeness (QED) is 0.385. The molecule has 2 heterocycles. The van der Waals surface area contributed by atoms with E-state index in [-0.39, 0.29) is 5.84 Å². The summed E-state index contributed by atoms with van der Waals surface area (Å²) in [4.78, 5) is 6.85. The van der Waals surface area contributed by atoms with Gasteiger partial charge in [0, 0.05) is 18.3 Å². The third kappa shape index (κ3) is 2.71. The molecule has 0 radical (unpaired) electrons. The number of hydrogen-bond acceptors (Lipinski definition) is 4. The predicted molar refractivity (Wildman–Crippen MR) is 81.5 cm³/mol. The van der Waals surface area contributed by atoms with E-state index in [1.165, 1.54) is 19.3 Å². The molecule has 1 fully saturated rings. The molecule has 0 aromatic carbocycles. The zero-order valence-corrected chi connectivity index (χ0v) is 12.6. The minimum atomic E-state index is 0.144. The maximum atomic E-state index is 9.04. The lowest BCUT2D eigenvalue weighted by molar-refractivity contribution is 0.318. The smallest absolute Gasteiger partial charge is 0.174 e. The van der Waals surface area contributed by atoms with Gasteiger partial charge in [0.25, 0.3) is 0 Å². The van der Waals surface area contributed by atoms with Crippen LogP contribution in [0, 0.1) is 13.8 Å². The summed E-state index contributed by atoms with van der Waals surface area (Å²) in [7, 11) is 0. The fraction of sp³-hybridized carbons (Fsp3) is 0.600. The Morgan fingerprint density at radius 2 is 2.25 bits per heavy atom. The highest BCUT2D eigenvalue weighted by Gasteiger charge is 2.25. The maximum absolute atomic E-state index is 9.04. The standard InChI is InChI=1S/C15H24N4O/c1-4-12-7-5-6-8-19(12)13-9-10(2)17-11(3)14(13)15(16)18-20/h9,12,20H,4-8H2,1-3H3,(H2,16,18). The van der Waals surface area contributed by atoms with Crippen molar-refractivity contribution in [3.63, 3.8) is 0 Å². The Balaban J connectivity index is 2.53. The molecule has 1 aromatic rings. The van der Waals surface area contributed by atoms with Crippen molar-refractivity contribution in [2.24, 2.45) is 10.9 Å². The first kappa shape index (κ1) is 14.6. The van der Waals surface area contributed by atoms with E-state index in [2.05, 4.69) is 22.0 Å². The van der Waals surface area contributed by atoms with Crippen molar-refractivity contribution in [3.05, 3.63) is 23.0 Å². The Hall–Kier alpha value is -1.78. The van der Waals surface area contributed by atoms with Crippen molar-refractivity contribution < 1.29 is 5.21 Å². The second-order valence-corrected chi connectivity index (χ2v) is 5.48. The highest BCUT2D eigenvalue weighted by atomic mass is 16.4. The zero-order chi connectivity index (χ0) is 14.7. The number of aromatic nitrogens is 1. The molecule has 5 heteroatoms. The van der Waals surface area contributed by atoms with Crippen molar-refractivity contribution in [3.8, 4) is 0 Å². The molecule has 0 saturated carbocycles. The van der Waals surface area contributed by atoms with E-state index in [4.69, 9.17) is 10.9 Å². The van der Waals surface area contributed by atoms with Crippen LogP contribution in [0.3, 0.4) is 0 Å². The number of pyridine rings is 1. The van der Waals surface area contributed by atoms with Crippen molar-refractivity contribution in [1.82, 2.24) is 4.98 Å². The van der Waals surface area contributed by atoms with Crippen LogP contribution >= 0.6 is 0 Å². The third-order valence-corrected chi connectivity index (χ3v) is 4.08. The Morgan fingerprint density at radius 3 is 2.90 bits per heavy atom. The molecule has 0 aliphatic carbocycles. The molecule has 1 aromatic heterocycles. The highest BCUT2D eigenvalue weighted by Crippen LogP contribution is 2.31. The van der Waals surface area contributed by atoms with Crippen LogP contribution in [-0.2, 0) is 0 Å². The molecule has 1 unspecified atom stereocenters. The summed E-state index contributed by atoms with van der Waals surface area (Å²) in [6, 6.07) is 2.57. The lowest BCUT2D eigenvalue weighted by Crippen LogP contribution is -2.40. The fourth-order valence-corrected chi connectivity index (χ4v) is 3.14. The first-order valence-electron chi connectivity index (χ1n) is 7.31. The van der Waals surface area contributed by atoms with Crippen molar-refractivity contribution in [2.45, 2.75) is 52.5 Å². The first-order chi connectivity index (χ1) is 9.58. The molecule has 5 nitrogen and oxygen atoms in total. The fourth-order valence-electron chi connectivity index (χ4n) is 3.14. The summed E-state index contributed by atoms with van der Waals surface area (Å²) >= 11 is 0. The lowest BCUT2D eigenvalue weighted by Gasteiger charge is -2.38. The van der Waals surface area contributed by atoms with Crippen molar-refractivity contribution >= 4 is 11.5 Å². The number of rotatable bonds is 3. The van der Waals surface area contributed by atoms with E-state index in [0.717, 1.165) is 35.6 Å². The normalized spacial score (nSPS) is 20.2. The van der Waals surface area contributed by atoms with Gasteiger partial charge >= 0.3 is 0 Å². The van der Waals surface area contributed by atoms with Crippen LogP contribution in [-0.4, -0.2) is 28.6 Å². The van der Waals surface area contributed by atoms with E-state index in [1.54, 1.807) is 0 Å². The van der Waals surface area contributed by atoms with Crippen molar-refractivity contribution in [1.29, 1.82) is 0 Å². The molecule has 1 aliphatic rings. The number of amidine groups is 1. The van der Waals surface area contributed by atoms with Crippen LogP contribution in [0.4, 0.5) is 5.69 Å². The molecular weight excluding hydrogens is 252 g/mol. The number of hydrogen-bond donors (Lipinski definition) is 2. The van der Waals surface area contributed by atoms with E-state index in [1.807, 2.05) is 19.9 Å². The number of nitrogens with two attached hydrogens (primary N) is 1. The van der Waals surface area contributed by atoms with Crippen molar-refractivity contribution in [2.75, 3.05) is 11.4 Å². The minimum absolute atomic E-state index is 0.144.